The molecule has 0 atom stereocenters. The van der Waals surface area contributed by atoms with Crippen LogP contribution < -0.4 is 5.32 Å². The molecule has 0 spiro atoms. The Morgan fingerprint density at radius 1 is 0.857 bits per heavy atom. The van der Waals surface area contributed by atoms with Crippen LogP contribution in [-0.4, -0.2) is 22.9 Å². The second-order valence-corrected chi connectivity index (χ2v) is 8.35. The lowest BCUT2D eigenvalue weighted by atomic mass is 9.94. The number of hydrogen-bond donors (Lipinski definition) is 1. The molecule has 140 valence electrons. The Labute approximate surface area is 173 Å². The molecular formula is C24H22BrN3. The van der Waals surface area contributed by atoms with Gasteiger partial charge in [-0.05, 0) is 67.0 Å². The van der Waals surface area contributed by atoms with Gasteiger partial charge < -0.3 is 5.32 Å². The van der Waals surface area contributed by atoms with Crippen molar-refractivity contribution >= 4 is 26.7 Å². The van der Waals surface area contributed by atoms with Crippen molar-refractivity contribution in [3.05, 3.63) is 83.0 Å². The van der Waals surface area contributed by atoms with Crippen molar-refractivity contribution in [2.24, 2.45) is 0 Å². The minimum Gasteiger partial charge on any atom is -0.317 e. The molecule has 1 aliphatic rings. The Morgan fingerprint density at radius 2 is 1.68 bits per heavy atom. The predicted octanol–water partition coefficient (Wildman–Crippen LogP) is 5.92. The quantitative estimate of drug-likeness (QED) is 0.436. The van der Waals surface area contributed by atoms with Crippen LogP contribution >= 0.6 is 15.9 Å². The Balaban J connectivity index is 1.66. The highest BCUT2D eigenvalue weighted by atomic mass is 79.9. The van der Waals surface area contributed by atoms with Crippen LogP contribution in [0.3, 0.4) is 0 Å². The maximum Gasteiger partial charge on any atom is 0.0744 e. The van der Waals surface area contributed by atoms with Gasteiger partial charge in [-0.3, -0.25) is 0 Å². The molecule has 4 heteroatoms. The van der Waals surface area contributed by atoms with E-state index >= 15 is 0 Å². The minimum atomic E-state index is 0.522. The molecule has 0 bridgehead atoms. The van der Waals surface area contributed by atoms with Crippen LogP contribution in [0.15, 0.2) is 77.3 Å². The van der Waals surface area contributed by atoms with Gasteiger partial charge in [0.05, 0.1) is 17.1 Å². The lowest BCUT2D eigenvalue weighted by Gasteiger charge is -2.20. The van der Waals surface area contributed by atoms with Crippen molar-refractivity contribution in [2.75, 3.05) is 13.1 Å². The van der Waals surface area contributed by atoms with Gasteiger partial charge in [0.1, 0.15) is 0 Å². The van der Waals surface area contributed by atoms with Crippen LogP contribution in [0.2, 0.25) is 0 Å². The minimum absolute atomic E-state index is 0.522. The first kappa shape index (κ1) is 17.7. The van der Waals surface area contributed by atoms with Gasteiger partial charge in [0.2, 0.25) is 0 Å². The van der Waals surface area contributed by atoms with Crippen molar-refractivity contribution in [3.63, 3.8) is 0 Å². The monoisotopic (exact) mass is 431 g/mol. The van der Waals surface area contributed by atoms with Crippen molar-refractivity contribution in [1.82, 2.24) is 15.1 Å². The van der Waals surface area contributed by atoms with E-state index in [1.807, 2.05) is 0 Å². The van der Waals surface area contributed by atoms with Gasteiger partial charge in [0, 0.05) is 16.0 Å². The zero-order valence-corrected chi connectivity index (χ0v) is 17.2. The van der Waals surface area contributed by atoms with Crippen LogP contribution in [0.4, 0.5) is 0 Å². The van der Waals surface area contributed by atoms with Crippen LogP contribution in [0.1, 0.15) is 24.5 Å². The Morgan fingerprint density at radius 3 is 2.50 bits per heavy atom. The number of benzene rings is 3. The van der Waals surface area contributed by atoms with Gasteiger partial charge in [0.15, 0.2) is 0 Å². The molecular weight excluding hydrogens is 410 g/mol. The summed E-state index contributed by atoms with van der Waals surface area (Å²) >= 11 is 3.61. The van der Waals surface area contributed by atoms with Crippen molar-refractivity contribution in [3.8, 4) is 16.9 Å². The first-order chi connectivity index (χ1) is 13.8. The largest absolute Gasteiger partial charge is 0.317 e. The molecule has 1 aliphatic heterocycles. The summed E-state index contributed by atoms with van der Waals surface area (Å²) in [5.41, 5.74) is 4.63. The molecule has 1 saturated heterocycles. The van der Waals surface area contributed by atoms with Crippen LogP contribution in [-0.2, 0) is 0 Å². The summed E-state index contributed by atoms with van der Waals surface area (Å²) < 4.78 is 3.17. The van der Waals surface area contributed by atoms with Gasteiger partial charge >= 0.3 is 0 Å². The van der Waals surface area contributed by atoms with Crippen molar-refractivity contribution < 1.29 is 0 Å². The zero-order valence-electron chi connectivity index (χ0n) is 15.6. The number of piperidine rings is 1. The van der Waals surface area contributed by atoms with Crippen LogP contribution in [0, 0.1) is 0 Å². The summed E-state index contributed by atoms with van der Waals surface area (Å²) in [7, 11) is 0. The molecule has 0 aliphatic carbocycles. The van der Waals surface area contributed by atoms with Gasteiger partial charge in [-0.15, -0.1) is 0 Å². The van der Waals surface area contributed by atoms with Gasteiger partial charge in [0.25, 0.3) is 0 Å². The molecule has 3 aromatic carbocycles. The molecule has 0 radical (unpaired) electrons. The highest BCUT2D eigenvalue weighted by molar-refractivity contribution is 9.10. The molecule has 0 amide bonds. The molecule has 0 unspecified atom stereocenters. The Hall–Kier alpha value is -2.43. The fourth-order valence-electron chi connectivity index (χ4n) is 4.08. The summed E-state index contributed by atoms with van der Waals surface area (Å²) in [6.45, 7) is 2.14. The summed E-state index contributed by atoms with van der Waals surface area (Å²) in [6.07, 6.45) is 2.29. The van der Waals surface area contributed by atoms with E-state index in [0.29, 0.717) is 5.92 Å². The first-order valence-electron chi connectivity index (χ1n) is 9.84. The Kier molecular flexibility index (Phi) is 4.75. The SMILES string of the molecule is Brc1cccc(-n2nc(C3CCNCC3)cc2-c2ccc3ccccc3c2)c1. The molecule has 28 heavy (non-hydrogen) atoms. The Bertz CT molecular complexity index is 1130. The van der Waals surface area contributed by atoms with Gasteiger partial charge in [-0.2, -0.15) is 5.10 Å². The van der Waals surface area contributed by atoms with E-state index < -0.39 is 0 Å². The number of rotatable bonds is 3. The second kappa shape index (κ2) is 7.53. The van der Waals surface area contributed by atoms with Crippen molar-refractivity contribution in [2.45, 2.75) is 18.8 Å². The average molecular weight is 432 g/mol. The van der Waals surface area contributed by atoms with Crippen LogP contribution in [0.5, 0.6) is 0 Å². The van der Waals surface area contributed by atoms with Crippen molar-refractivity contribution in [1.29, 1.82) is 0 Å². The third kappa shape index (κ3) is 3.38. The fraction of sp³-hybridized carbons (Fsp3) is 0.208. The van der Waals surface area contributed by atoms with E-state index in [2.05, 4.69) is 98.7 Å². The predicted molar refractivity (Wildman–Crippen MR) is 119 cm³/mol. The molecule has 5 rings (SSSR count). The molecule has 0 saturated carbocycles. The molecule has 1 aromatic heterocycles. The molecule has 3 nitrogen and oxygen atoms in total. The summed E-state index contributed by atoms with van der Waals surface area (Å²) in [4.78, 5) is 0. The lowest BCUT2D eigenvalue weighted by Crippen LogP contribution is -2.26. The normalized spacial score (nSPS) is 15.2. The fourth-order valence-corrected chi connectivity index (χ4v) is 4.46. The molecule has 1 fully saturated rings. The topological polar surface area (TPSA) is 29.9 Å². The summed E-state index contributed by atoms with van der Waals surface area (Å²) in [5.74, 6) is 0.522. The molecule has 4 aromatic rings. The average Bonchev–Trinajstić information content (AvgIpc) is 3.20. The second-order valence-electron chi connectivity index (χ2n) is 7.43. The van der Waals surface area contributed by atoms with E-state index in [-0.39, 0.29) is 0 Å². The molecule has 1 N–H and O–H groups in total. The summed E-state index contributed by atoms with van der Waals surface area (Å²) in [5, 5.41) is 11.0. The lowest BCUT2D eigenvalue weighted by molar-refractivity contribution is 0.451. The van der Waals surface area contributed by atoms with E-state index in [1.54, 1.807) is 0 Å². The van der Waals surface area contributed by atoms with E-state index in [0.717, 1.165) is 41.8 Å². The number of nitrogens with zero attached hydrogens (tertiary/aromatic N) is 2. The summed E-state index contributed by atoms with van der Waals surface area (Å²) in [6, 6.07) is 25.9. The number of hydrogen-bond acceptors (Lipinski definition) is 2. The molecule has 2 heterocycles. The van der Waals surface area contributed by atoms with Crippen LogP contribution in [0.25, 0.3) is 27.7 Å². The van der Waals surface area contributed by atoms with Gasteiger partial charge in [-0.25, -0.2) is 4.68 Å². The standard InChI is InChI=1S/C24H22BrN3/c25-21-6-3-7-22(15-21)28-24(16-23(27-28)18-10-12-26-13-11-18)20-9-8-17-4-1-2-5-19(17)14-20/h1-9,14-16,18,26H,10-13H2. The van der Waals surface area contributed by atoms with Gasteiger partial charge in [-0.1, -0.05) is 58.4 Å². The highest BCUT2D eigenvalue weighted by Gasteiger charge is 2.21. The highest BCUT2D eigenvalue weighted by Crippen LogP contribution is 2.32. The zero-order chi connectivity index (χ0) is 18.9. The number of aromatic nitrogens is 2. The smallest absolute Gasteiger partial charge is 0.0744 e. The number of halogens is 1. The maximum atomic E-state index is 5.07. The first-order valence-corrected chi connectivity index (χ1v) is 10.6. The number of nitrogens with one attached hydrogen (secondary N) is 1. The van der Waals surface area contributed by atoms with E-state index in [4.69, 9.17) is 5.10 Å². The maximum absolute atomic E-state index is 5.07. The van der Waals surface area contributed by atoms with E-state index in [1.165, 1.54) is 22.0 Å². The number of fused-ring (bicyclic) bond motifs is 1. The third-order valence-corrected chi connectivity index (χ3v) is 6.08. The third-order valence-electron chi connectivity index (χ3n) is 5.58. The van der Waals surface area contributed by atoms with E-state index in [9.17, 15) is 0 Å².